The molecule has 2 heterocycles. The number of aliphatic hydroxyl groups excluding tert-OH is 1. The Bertz CT molecular complexity index is 1400. The fourth-order valence-electron chi connectivity index (χ4n) is 5.38. The minimum Gasteiger partial charge on any atom is -0.497 e. The zero-order chi connectivity index (χ0) is 28.0. The second-order valence-electron chi connectivity index (χ2n) is 10.1. The van der Waals surface area contributed by atoms with Crippen molar-refractivity contribution in [3.8, 4) is 17.6 Å². The normalized spacial score (nSPS) is 15.1. The third-order valence-corrected chi connectivity index (χ3v) is 7.54. The number of hydrogen-bond donors (Lipinski definition) is 2. The molecule has 0 amide bonds. The maximum atomic E-state index is 13.8. The van der Waals surface area contributed by atoms with Crippen LogP contribution in [0.1, 0.15) is 48.8 Å². The third-order valence-electron chi connectivity index (χ3n) is 7.54. The molecule has 206 valence electrons. The zero-order valence-corrected chi connectivity index (χ0v) is 21.8. The smallest absolute Gasteiger partial charge is 0.303 e. The van der Waals surface area contributed by atoms with Crippen LogP contribution < -0.4 is 4.74 Å². The van der Waals surface area contributed by atoms with Crippen molar-refractivity contribution in [2.24, 2.45) is 5.41 Å². The number of hydrogen-bond acceptors (Lipinski definition) is 5. The number of nitrogens with zero attached hydrogens (tertiary/aromatic N) is 2. The number of carboxylic acids is 1. The number of rotatable bonds is 9. The number of pyridine rings is 1. The average molecular weight is 541 g/mol. The van der Waals surface area contributed by atoms with Gasteiger partial charge in [-0.3, -0.25) is 14.7 Å². The number of aliphatic carboxylic acids is 1. The summed E-state index contributed by atoms with van der Waals surface area (Å²) in [6, 6.07) is 6.97. The minimum atomic E-state index is -1.28. The Hall–Kier alpha value is -3.61. The number of methoxy groups -OCH3 is 1. The van der Waals surface area contributed by atoms with E-state index in [-0.39, 0.29) is 30.6 Å². The van der Waals surface area contributed by atoms with Gasteiger partial charge in [-0.2, -0.15) is 0 Å². The maximum absolute atomic E-state index is 13.8. The molecule has 2 N–H and O–H groups in total. The number of piperidine rings is 1. The van der Waals surface area contributed by atoms with Crippen LogP contribution in [-0.2, 0) is 17.8 Å². The van der Waals surface area contributed by atoms with Crippen molar-refractivity contribution in [2.45, 2.75) is 45.1 Å². The number of aliphatic hydroxyl groups is 1. The van der Waals surface area contributed by atoms with Gasteiger partial charge in [0.25, 0.3) is 0 Å². The highest BCUT2D eigenvalue weighted by Gasteiger charge is 2.36. The van der Waals surface area contributed by atoms with Crippen molar-refractivity contribution in [3.63, 3.8) is 0 Å². The van der Waals surface area contributed by atoms with Crippen molar-refractivity contribution < 1.29 is 32.9 Å². The topological polar surface area (TPSA) is 82.9 Å². The first-order valence-corrected chi connectivity index (χ1v) is 12.9. The lowest BCUT2D eigenvalue weighted by atomic mass is 9.72. The van der Waals surface area contributed by atoms with Gasteiger partial charge in [0.15, 0.2) is 11.6 Å². The number of carbonyl (C=O) groups is 1. The molecule has 6 nitrogen and oxygen atoms in total. The van der Waals surface area contributed by atoms with E-state index in [1.807, 2.05) is 23.1 Å². The van der Waals surface area contributed by atoms with Gasteiger partial charge in [0.05, 0.1) is 37.8 Å². The van der Waals surface area contributed by atoms with Crippen LogP contribution in [-0.4, -0.2) is 52.8 Å². The molecule has 0 radical (unpaired) electrons. The summed E-state index contributed by atoms with van der Waals surface area (Å²) in [4.78, 5) is 18.2. The number of carboxylic acid groups (broad SMARTS) is 1. The Morgan fingerprint density at radius 3 is 2.64 bits per heavy atom. The summed E-state index contributed by atoms with van der Waals surface area (Å²) >= 11 is 0. The maximum Gasteiger partial charge on any atom is 0.303 e. The number of aryl methyl sites for hydroxylation is 1. The first-order chi connectivity index (χ1) is 18.7. The summed E-state index contributed by atoms with van der Waals surface area (Å²) in [6.45, 7) is 1.36. The third kappa shape index (κ3) is 6.88. The molecule has 39 heavy (non-hydrogen) atoms. The van der Waals surface area contributed by atoms with Crippen LogP contribution in [0.3, 0.4) is 0 Å². The lowest BCUT2D eigenvalue weighted by Gasteiger charge is -2.41. The second-order valence-corrected chi connectivity index (χ2v) is 10.1. The molecule has 0 spiro atoms. The van der Waals surface area contributed by atoms with Crippen molar-refractivity contribution >= 4 is 16.9 Å². The monoisotopic (exact) mass is 540 g/mol. The summed E-state index contributed by atoms with van der Waals surface area (Å²) in [5.74, 6) is 1.80. The molecule has 0 unspecified atom stereocenters. The lowest BCUT2D eigenvalue weighted by Crippen LogP contribution is -2.41. The van der Waals surface area contributed by atoms with Crippen molar-refractivity contribution in [1.82, 2.24) is 9.88 Å². The van der Waals surface area contributed by atoms with Crippen molar-refractivity contribution in [3.05, 3.63) is 70.7 Å². The molecule has 0 bridgehead atoms. The van der Waals surface area contributed by atoms with Gasteiger partial charge in [0, 0.05) is 17.6 Å². The molecule has 3 aromatic rings. The van der Waals surface area contributed by atoms with Gasteiger partial charge in [0.1, 0.15) is 11.6 Å². The number of halogens is 3. The quantitative estimate of drug-likeness (QED) is 0.291. The number of likely N-dealkylation sites (tertiary alicyclic amines) is 1. The van der Waals surface area contributed by atoms with Gasteiger partial charge in [-0.25, -0.2) is 13.2 Å². The molecule has 4 rings (SSSR count). The van der Waals surface area contributed by atoms with Gasteiger partial charge in [0.2, 0.25) is 0 Å². The molecular weight excluding hydrogens is 509 g/mol. The Kier molecular flexibility index (Phi) is 9.10. The highest BCUT2D eigenvalue weighted by molar-refractivity contribution is 5.84. The van der Waals surface area contributed by atoms with Gasteiger partial charge in [-0.1, -0.05) is 11.8 Å². The van der Waals surface area contributed by atoms with E-state index in [0.717, 1.165) is 34.5 Å². The van der Waals surface area contributed by atoms with E-state index in [1.54, 1.807) is 13.3 Å². The second kappa shape index (κ2) is 12.5. The Balaban J connectivity index is 1.42. The predicted molar refractivity (Wildman–Crippen MR) is 141 cm³/mol. The minimum absolute atomic E-state index is 0.0536. The molecule has 2 aromatic carbocycles. The molecule has 0 aliphatic carbocycles. The number of aromatic nitrogens is 1. The van der Waals surface area contributed by atoms with Gasteiger partial charge in [-0.05, 0) is 86.0 Å². The number of ether oxygens (including phenoxy) is 1. The lowest BCUT2D eigenvalue weighted by molar-refractivity contribution is -0.140. The summed E-state index contributed by atoms with van der Waals surface area (Å²) < 4.78 is 46.0. The largest absolute Gasteiger partial charge is 0.497 e. The van der Waals surface area contributed by atoms with Crippen LogP contribution in [0.15, 0.2) is 36.5 Å². The Morgan fingerprint density at radius 2 is 1.95 bits per heavy atom. The first-order valence-electron chi connectivity index (χ1n) is 12.9. The summed E-state index contributed by atoms with van der Waals surface area (Å²) in [6.07, 6.45) is 5.14. The van der Waals surface area contributed by atoms with Crippen molar-refractivity contribution in [1.29, 1.82) is 0 Å². The predicted octanol–water partition coefficient (Wildman–Crippen LogP) is 5.08. The molecule has 1 aromatic heterocycles. The number of fused-ring (bicyclic) bond motifs is 1. The Labute approximate surface area is 225 Å². The average Bonchev–Trinajstić information content (AvgIpc) is 2.91. The van der Waals surface area contributed by atoms with E-state index in [4.69, 9.17) is 4.74 Å². The zero-order valence-electron chi connectivity index (χ0n) is 21.8. The van der Waals surface area contributed by atoms with Crippen LogP contribution in [0.25, 0.3) is 10.9 Å². The molecule has 9 heteroatoms. The summed E-state index contributed by atoms with van der Waals surface area (Å²) in [7, 11) is 1.59. The molecule has 1 aliphatic heterocycles. The highest BCUT2D eigenvalue weighted by atomic mass is 19.2. The first kappa shape index (κ1) is 28.4. The molecule has 0 atom stereocenters. The van der Waals surface area contributed by atoms with E-state index in [0.29, 0.717) is 50.6 Å². The van der Waals surface area contributed by atoms with E-state index in [1.165, 1.54) is 0 Å². The van der Waals surface area contributed by atoms with Gasteiger partial charge < -0.3 is 14.9 Å². The summed E-state index contributed by atoms with van der Waals surface area (Å²) in [5.41, 5.74) is 1.83. The van der Waals surface area contributed by atoms with E-state index in [9.17, 15) is 28.2 Å². The molecule has 1 aliphatic rings. The molecule has 1 fully saturated rings. The van der Waals surface area contributed by atoms with E-state index >= 15 is 0 Å². The molecule has 0 saturated carbocycles. The standard InChI is InChI=1S/C30H31F3N2O4/c1-39-23-6-7-27-25(16-23)24(21(19-36)18-34-27)5-2-8-30(17-28(37)38)9-12-35(13-10-30)11-3-4-20-14-22(31)15-26(32)29(20)33/h6-7,14-16,18,36H,2,5,8-13,17,19H2,1H3,(H,37,38). The fraction of sp³-hybridized carbons (Fsp3) is 0.400. The van der Waals surface area contributed by atoms with Crippen molar-refractivity contribution in [2.75, 3.05) is 26.7 Å². The van der Waals surface area contributed by atoms with Crippen LogP contribution >= 0.6 is 0 Å². The highest BCUT2D eigenvalue weighted by Crippen LogP contribution is 2.40. The molecular formula is C30H31F3N2O4. The SMILES string of the molecule is COc1ccc2ncc(CO)c(CCCC3(CC(=O)O)CCN(CC#Cc4cc(F)cc(F)c4F)CC3)c2c1. The van der Waals surface area contributed by atoms with Crippen LogP contribution in [0.2, 0.25) is 0 Å². The van der Waals surface area contributed by atoms with E-state index < -0.39 is 23.4 Å². The van der Waals surface area contributed by atoms with Crippen LogP contribution in [0, 0.1) is 34.7 Å². The van der Waals surface area contributed by atoms with Crippen LogP contribution in [0.5, 0.6) is 5.75 Å². The number of benzene rings is 2. The Morgan fingerprint density at radius 1 is 1.18 bits per heavy atom. The van der Waals surface area contributed by atoms with Gasteiger partial charge in [-0.15, -0.1) is 0 Å². The molecule has 1 saturated heterocycles. The van der Waals surface area contributed by atoms with Crippen LogP contribution in [0.4, 0.5) is 13.2 Å². The van der Waals surface area contributed by atoms with Gasteiger partial charge >= 0.3 is 5.97 Å². The fourth-order valence-corrected chi connectivity index (χ4v) is 5.38. The van der Waals surface area contributed by atoms with E-state index in [2.05, 4.69) is 16.8 Å². The summed E-state index contributed by atoms with van der Waals surface area (Å²) in [5, 5.41) is 20.5.